The predicted octanol–water partition coefficient (Wildman–Crippen LogP) is -1.53. The summed E-state index contributed by atoms with van der Waals surface area (Å²) >= 11 is 0. The van der Waals surface area contributed by atoms with E-state index < -0.39 is 0 Å². The molecule has 7 radical (unpaired) electrons. The summed E-state index contributed by atoms with van der Waals surface area (Å²) < 4.78 is 0. The minimum atomic E-state index is 0. The molecule has 0 aromatic heterocycles. The molecule has 13 valence electrons. The van der Waals surface area contributed by atoms with E-state index in [-0.39, 0.29) is 159 Å². The molecule has 0 rings (SSSR count). The summed E-state index contributed by atoms with van der Waals surface area (Å²) in [6.45, 7) is 0. The van der Waals surface area contributed by atoms with Gasteiger partial charge in [0.2, 0.25) is 0 Å². The summed E-state index contributed by atoms with van der Waals surface area (Å²) in [5, 5.41) is 0. The van der Waals surface area contributed by atoms with Crippen LogP contribution in [0.5, 0.6) is 0 Å². The van der Waals surface area contributed by atoms with Crippen molar-refractivity contribution in [2.45, 2.75) is 0 Å². The fourth-order valence-corrected chi connectivity index (χ4v) is 0. The van der Waals surface area contributed by atoms with Gasteiger partial charge in [0.05, 0.1) is 0 Å². The van der Waals surface area contributed by atoms with Gasteiger partial charge in [-0.15, -0.1) is 0 Å². The van der Waals surface area contributed by atoms with Crippen molar-refractivity contribution in [2.75, 3.05) is 0 Å². The van der Waals surface area contributed by atoms with Gasteiger partial charge in [0.25, 0.3) is 0 Å². The van der Waals surface area contributed by atoms with Gasteiger partial charge in [-0.1, -0.05) is 0 Å². The Morgan fingerprint density at radius 2 is 1.00 bits per heavy atom. The SMILES string of the molecule is [Ca].[K].[Mg].[Mn].[Na]. The molecule has 0 aromatic carbocycles. The second-order valence-corrected chi connectivity index (χ2v) is 0. The van der Waals surface area contributed by atoms with E-state index in [4.69, 9.17) is 0 Å². The van der Waals surface area contributed by atoms with Gasteiger partial charge >= 0.3 is 0 Å². The van der Waals surface area contributed by atoms with E-state index >= 15 is 0 Å². The van der Waals surface area contributed by atoms with E-state index in [2.05, 4.69) is 0 Å². The molecule has 0 bridgehead atoms. The molecule has 0 nitrogen and oxygen atoms in total. The van der Waals surface area contributed by atoms with Gasteiger partial charge in [-0.05, 0) is 0 Å². The van der Waals surface area contributed by atoms with Crippen LogP contribution in [0.25, 0.3) is 0 Å². The van der Waals surface area contributed by atoms with Gasteiger partial charge in [0.15, 0.2) is 0 Å². The zero-order valence-corrected chi connectivity index (χ0v) is 13.7. The van der Waals surface area contributed by atoms with Gasteiger partial charge in [-0.25, -0.2) is 0 Å². The van der Waals surface area contributed by atoms with Gasteiger partial charge in [-0.2, -0.15) is 0 Å². The molecule has 0 aliphatic heterocycles. The number of rotatable bonds is 0. The molecule has 0 aliphatic rings. The Bertz CT molecular complexity index is 11.6. The van der Waals surface area contributed by atoms with Crippen molar-refractivity contribution in [2.24, 2.45) is 0 Å². The first-order valence-electron chi connectivity index (χ1n) is 0. The van der Waals surface area contributed by atoms with E-state index in [1.807, 2.05) is 0 Å². The van der Waals surface area contributed by atoms with Crippen LogP contribution in [0.4, 0.5) is 0 Å². The number of hydrogen-bond acceptors (Lipinski definition) is 0. The molecular formula is CaKMgMnNa. The third kappa shape index (κ3) is 17.6. The first-order valence-corrected chi connectivity index (χ1v) is 0. The average Bonchev–Trinajstić information content (AvgIpc) is 0. The molecular weight excluding hydrogens is 181 g/mol. The van der Waals surface area contributed by atoms with Crippen LogP contribution in [0.15, 0.2) is 0 Å². The summed E-state index contributed by atoms with van der Waals surface area (Å²) in [7, 11) is 0. The second-order valence-electron chi connectivity index (χ2n) is 0. The minimum Gasteiger partial charge on any atom is 0 e. The molecule has 0 aliphatic carbocycles. The van der Waals surface area contributed by atoms with E-state index in [1.165, 1.54) is 0 Å². The Morgan fingerprint density at radius 3 is 1.00 bits per heavy atom. The summed E-state index contributed by atoms with van der Waals surface area (Å²) in [5.74, 6) is 0. The van der Waals surface area contributed by atoms with E-state index in [0.717, 1.165) is 0 Å². The molecule has 0 aromatic rings. The third-order valence-corrected chi connectivity index (χ3v) is 0. The van der Waals surface area contributed by atoms with Crippen LogP contribution in [-0.4, -0.2) is 142 Å². The summed E-state index contributed by atoms with van der Waals surface area (Å²) in [4.78, 5) is 0. The van der Waals surface area contributed by atoms with Crippen molar-refractivity contribution >= 4 is 142 Å². The molecule has 0 amide bonds. The normalized spacial score (nSPS) is 0. The Kier molecular flexibility index (Phi) is 146. The van der Waals surface area contributed by atoms with Crippen LogP contribution < -0.4 is 0 Å². The average molecular weight is 181 g/mol. The predicted molar refractivity (Wildman–Crippen MR) is 23.0 cm³/mol. The molecule has 5 heteroatoms. The molecule has 0 heterocycles. The zero-order chi connectivity index (χ0) is 0. The maximum absolute atomic E-state index is 0. The summed E-state index contributed by atoms with van der Waals surface area (Å²) in [5.41, 5.74) is 0. The summed E-state index contributed by atoms with van der Waals surface area (Å²) in [6.07, 6.45) is 0. The molecule has 0 N–H and O–H groups in total. The first-order chi connectivity index (χ1) is 0. The van der Waals surface area contributed by atoms with Crippen LogP contribution in [0, 0.1) is 0 Å². The fraction of sp³-hybridized carbons (Fsp3) is 0. The topological polar surface area (TPSA) is 0 Å². The quantitative estimate of drug-likeness (QED) is 0.398. The molecule has 0 atom stereocenters. The van der Waals surface area contributed by atoms with E-state index in [9.17, 15) is 0 Å². The zero-order valence-electron chi connectivity index (χ0n) is 3.79. The Labute approximate surface area is 154 Å². The molecule has 0 fully saturated rings. The van der Waals surface area contributed by atoms with Crippen molar-refractivity contribution in [3.05, 3.63) is 0 Å². The largest absolute Gasteiger partial charge is 0 e. The number of hydrogen-bond donors (Lipinski definition) is 0. The second kappa shape index (κ2) is 22.9. The van der Waals surface area contributed by atoms with Crippen LogP contribution in [0.1, 0.15) is 0 Å². The minimum absolute atomic E-state index is 0. The Balaban J connectivity index is 0. The van der Waals surface area contributed by atoms with Crippen molar-refractivity contribution in [1.29, 1.82) is 0 Å². The molecule has 0 spiro atoms. The van der Waals surface area contributed by atoms with Crippen LogP contribution in [0.2, 0.25) is 0 Å². The van der Waals surface area contributed by atoms with Crippen LogP contribution in [-0.2, 0) is 17.1 Å². The van der Waals surface area contributed by atoms with Gasteiger partial charge in [-0.3, -0.25) is 0 Å². The van der Waals surface area contributed by atoms with E-state index in [1.54, 1.807) is 0 Å². The van der Waals surface area contributed by atoms with Crippen molar-refractivity contribution in [3.8, 4) is 0 Å². The van der Waals surface area contributed by atoms with Crippen LogP contribution >= 0.6 is 0 Å². The van der Waals surface area contributed by atoms with Crippen molar-refractivity contribution in [3.63, 3.8) is 0 Å². The summed E-state index contributed by atoms with van der Waals surface area (Å²) in [6, 6.07) is 0. The van der Waals surface area contributed by atoms with Crippen molar-refractivity contribution < 1.29 is 17.1 Å². The Hall–Kier alpha value is 5.18. The van der Waals surface area contributed by atoms with Gasteiger partial charge in [0.1, 0.15) is 0 Å². The van der Waals surface area contributed by atoms with Gasteiger partial charge in [0, 0.05) is 159 Å². The molecule has 5 heavy (non-hydrogen) atoms. The van der Waals surface area contributed by atoms with Gasteiger partial charge < -0.3 is 0 Å². The van der Waals surface area contributed by atoms with Crippen molar-refractivity contribution in [1.82, 2.24) is 0 Å². The molecule has 0 saturated carbocycles. The maximum atomic E-state index is 0. The smallest absolute Gasteiger partial charge is 0 e. The van der Waals surface area contributed by atoms with E-state index in [0.29, 0.717) is 0 Å². The van der Waals surface area contributed by atoms with Crippen LogP contribution in [0.3, 0.4) is 0 Å². The first kappa shape index (κ1) is 32.0. The standard InChI is InChI=1S/Ca.K.Mg.Mn.Na. The fourth-order valence-electron chi connectivity index (χ4n) is 0. The molecule has 0 saturated heterocycles. The maximum Gasteiger partial charge on any atom is 0 e. The third-order valence-electron chi connectivity index (χ3n) is 0. The molecule has 0 unspecified atom stereocenters. The Morgan fingerprint density at radius 1 is 1.00 bits per heavy atom. The monoisotopic (exact) mass is 181 g/mol.